The molecule has 6 heteroatoms. The van der Waals surface area contributed by atoms with E-state index >= 15 is 0 Å². The normalized spacial score (nSPS) is 10.5. The maximum absolute atomic E-state index is 13.3. The number of carbonyl (C=O) groups excluding carboxylic acids is 2. The Morgan fingerprint density at radius 2 is 1.91 bits per heavy atom. The zero-order chi connectivity index (χ0) is 25.0. The molecule has 0 spiro atoms. The third kappa shape index (κ3) is 8.28. The highest BCUT2D eigenvalue weighted by Gasteiger charge is 2.18. The van der Waals surface area contributed by atoms with Crippen molar-refractivity contribution in [3.8, 4) is 18.1 Å². The van der Waals surface area contributed by atoms with Gasteiger partial charge in [0.25, 0.3) is 0 Å². The van der Waals surface area contributed by atoms with E-state index in [1.54, 1.807) is 17.4 Å². The summed E-state index contributed by atoms with van der Waals surface area (Å²) in [4.78, 5) is 27.3. The van der Waals surface area contributed by atoms with Crippen LogP contribution in [0.5, 0.6) is 5.75 Å². The van der Waals surface area contributed by atoms with Crippen LogP contribution in [-0.4, -0.2) is 29.7 Å². The predicted octanol–water partition coefficient (Wildman–Crippen LogP) is 6.60. The van der Waals surface area contributed by atoms with Gasteiger partial charge in [0.1, 0.15) is 5.75 Å². The van der Waals surface area contributed by atoms with E-state index in [9.17, 15) is 9.59 Å². The second kappa shape index (κ2) is 13.7. The van der Waals surface area contributed by atoms with Crippen molar-refractivity contribution < 1.29 is 14.3 Å². The molecular weight excluding hydrogens is 478 g/mol. The number of terminal acetylenes is 1. The van der Waals surface area contributed by atoms with Crippen molar-refractivity contribution in [3.05, 3.63) is 86.6 Å². The summed E-state index contributed by atoms with van der Waals surface area (Å²) >= 11 is 7.86. The summed E-state index contributed by atoms with van der Waals surface area (Å²) in [5.41, 5.74) is 3.61. The van der Waals surface area contributed by atoms with Gasteiger partial charge < -0.3 is 9.64 Å². The van der Waals surface area contributed by atoms with Crippen LogP contribution < -0.4 is 4.74 Å². The van der Waals surface area contributed by atoms with Gasteiger partial charge in [-0.1, -0.05) is 42.8 Å². The molecule has 35 heavy (non-hydrogen) atoms. The molecule has 0 saturated carbocycles. The summed E-state index contributed by atoms with van der Waals surface area (Å²) in [6, 6.07) is 15.1. The second-order valence-corrected chi connectivity index (χ2v) is 9.51. The number of nitrogens with zero attached hydrogens (tertiary/aromatic N) is 1. The molecule has 1 aromatic heterocycles. The van der Waals surface area contributed by atoms with E-state index in [0.717, 1.165) is 28.9 Å². The summed E-state index contributed by atoms with van der Waals surface area (Å²) in [7, 11) is 0. The standard InChI is InChI=1S/C29H30ClNO3S/c1-3-5-6-27(32)24-9-7-22(8-10-24)13-15-31(29(33)18-23-14-17-35-21-23)20-25-19-26(30)11-12-28(25)34-16-4-2/h1,7-12,14,17,19,21H,4-6,13,15-16,18,20H2,2H3. The lowest BCUT2D eigenvalue weighted by Gasteiger charge is -2.24. The molecule has 0 bridgehead atoms. The topological polar surface area (TPSA) is 46.6 Å². The van der Waals surface area contributed by atoms with Crippen LogP contribution in [0.2, 0.25) is 5.02 Å². The summed E-state index contributed by atoms with van der Waals surface area (Å²) < 4.78 is 5.91. The highest BCUT2D eigenvalue weighted by molar-refractivity contribution is 7.08. The molecule has 3 aromatic rings. The quantitative estimate of drug-likeness (QED) is 0.193. The average Bonchev–Trinajstić information content (AvgIpc) is 3.37. The minimum absolute atomic E-state index is 0.0441. The fourth-order valence-corrected chi connectivity index (χ4v) is 4.52. The SMILES string of the molecule is C#CCCC(=O)c1ccc(CCN(Cc2cc(Cl)ccc2OCCC)C(=O)Cc2ccsc2)cc1. The molecule has 2 aromatic carbocycles. The van der Waals surface area contributed by atoms with Gasteiger partial charge >= 0.3 is 0 Å². The minimum atomic E-state index is 0.0441. The first-order valence-electron chi connectivity index (χ1n) is 11.8. The van der Waals surface area contributed by atoms with Crippen LogP contribution in [0.1, 0.15) is 53.2 Å². The third-order valence-corrected chi connectivity index (χ3v) is 6.54. The zero-order valence-electron chi connectivity index (χ0n) is 20.0. The number of thiophene rings is 1. The molecule has 1 amide bonds. The number of hydrogen-bond acceptors (Lipinski definition) is 4. The molecule has 182 valence electrons. The van der Waals surface area contributed by atoms with Gasteiger partial charge in [0, 0.05) is 42.1 Å². The van der Waals surface area contributed by atoms with Crippen molar-refractivity contribution in [1.82, 2.24) is 4.90 Å². The Morgan fingerprint density at radius 1 is 1.11 bits per heavy atom. The van der Waals surface area contributed by atoms with E-state index < -0.39 is 0 Å². The van der Waals surface area contributed by atoms with Gasteiger partial charge in [-0.25, -0.2) is 0 Å². The lowest BCUT2D eigenvalue weighted by atomic mass is 10.0. The fraction of sp³-hybridized carbons (Fsp3) is 0.310. The van der Waals surface area contributed by atoms with Crippen LogP contribution in [0.25, 0.3) is 0 Å². The van der Waals surface area contributed by atoms with Crippen LogP contribution in [-0.2, 0) is 24.2 Å². The molecule has 0 fully saturated rings. The van der Waals surface area contributed by atoms with E-state index in [-0.39, 0.29) is 11.7 Å². The van der Waals surface area contributed by atoms with Crippen LogP contribution >= 0.6 is 22.9 Å². The maximum atomic E-state index is 13.3. The minimum Gasteiger partial charge on any atom is -0.493 e. The fourth-order valence-electron chi connectivity index (χ4n) is 3.65. The molecule has 3 rings (SSSR count). The lowest BCUT2D eigenvalue weighted by Crippen LogP contribution is -2.33. The number of hydrogen-bond donors (Lipinski definition) is 0. The molecule has 0 radical (unpaired) electrons. The lowest BCUT2D eigenvalue weighted by molar-refractivity contribution is -0.131. The van der Waals surface area contributed by atoms with Gasteiger partial charge in [-0.15, -0.1) is 12.3 Å². The predicted molar refractivity (Wildman–Crippen MR) is 143 cm³/mol. The van der Waals surface area contributed by atoms with Crippen LogP contribution in [0.3, 0.4) is 0 Å². The first kappa shape index (κ1) is 26.5. The molecular formula is C29H30ClNO3S. The Morgan fingerprint density at radius 3 is 2.60 bits per heavy atom. The van der Waals surface area contributed by atoms with Crippen molar-refractivity contribution in [2.75, 3.05) is 13.2 Å². The van der Waals surface area contributed by atoms with E-state index in [4.69, 9.17) is 22.8 Å². The number of carbonyl (C=O) groups is 2. The Labute approximate surface area is 216 Å². The molecule has 0 atom stereocenters. The molecule has 0 aliphatic carbocycles. The number of halogens is 1. The number of ether oxygens (including phenoxy) is 1. The number of benzene rings is 2. The molecule has 0 unspecified atom stereocenters. The molecule has 1 heterocycles. The van der Waals surface area contributed by atoms with Crippen molar-refractivity contribution in [3.63, 3.8) is 0 Å². The van der Waals surface area contributed by atoms with Crippen molar-refractivity contribution in [2.24, 2.45) is 0 Å². The Bertz CT molecular complexity index is 1150. The first-order valence-corrected chi connectivity index (χ1v) is 13.1. The van der Waals surface area contributed by atoms with Crippen LogP contribution in [0.4, 0.5) is 0 Å². The van der Waals surface area contributed by atoms with Crippen molar-refractivity contribution >= 4 is 34.6 Å². The van der Waals surface area contributed by atoms with E-state index in [1.165, 1.54) is 0 Å². The van der Waals surface area contributed by atoms with Gasteiger partial charge in [-0.05, 0) is 59.0 Å². The van der Waals surface area contributed by atoms with Crippen LogP contribution in [0, 0.1) is 12.3 Å². The second-order valence-electron chi connectivity index (χ2n) is 8.30. The molecule has 0 N–H and O–H groups in total. The van der Waals surface area contributed by atoms with E-state index in [0.29, 0.717) is 56.0 Å². The summed E-state index contributed by atoms with van der Waals surface area (Å²) in [6.07, 6.45) is 7.96. The molecule has 0 aliphatic heterocycles. The first-order chi connectivity index (χ1) is 17.0. The largest absolute Gasteiger partial charge is 0.493 e. The third-order valence-electron chi connectivity index (χ3n) is 5.58. The number of ketones is 1. The number of Topliss-reactive ketones (excluding diaryl/α,β-unsaturated/α-hetero) is 1. The molecule has 0 saturated heterocycles. The highest BCUT2D eigenvalue weighted by Crippen LogP contribution is 2.25. The van der Waals surface area contributed by atoms with Crippen LogP contribution in [0.15, 0.2) is 59.3 Å². The smallest absolute Gasteiger partial charge is 0.227 e. The van der Waals surface area contributed by atoms with Crippen molar-refractivity contribution in [1.29, 1.82) is 0 Å². The highest BCUT2D eigenvalue weighted by atomic mass is 35.5. The number of amides is 1. The Hall–Kier alpha value is -3.07. The van der Waals surface area contributed by atoms with Gasteiger partial charge in [-0.2, -0.15) is 11.3 Å². The average molecular weight is 508 g/mol. The van der Waals surface area contributed by atoms with Gasteiger partial charge in [0.05, 0.1) is 13.0 Å². The van der Waals surface area contributed by atoms with E-state index in [2.05, 4.69) is 12.8 Å². The van der Waals surface area contributed by atoms with Gasteiger partial charge in [0.2, 0.25) is 5.91 Å². The van der Waals surface area contributed by atoms with Crippen molar-refractivity contribution in [2.45, 2.75) is 45.6 Å². The van der Waals surface area contributed by atoms with E-state index in [1.807, 2.05) is 58.1 Å². The van der Waals surface area contributed by atoms with Gasteiger partial charge in [0.15, 0.2) is 5.78 Å². The zero-order valence-corrected chi connectivity index (χ0v) is 21.5. The molecule has 0 aliphatic rings. The van der Waals surface area contributed by atoms with Gasteiger partial charge in [-0.3, -0.25) is 9.59 Å². The monoisotopic (exact) mass is 507 g/mol. The maximum Gasteiger partial charge on any atom is 0.227 e. The summed E-state index contributed by atoms with van der Waals surface area (Å²) in [6.45, 7) is 3.60. The molecule has 4 nitrogen and oxygen atoms in total. The Kier molecular flexibility index (Phi) is 10.4. The summed E-state index contributed by atoms with van der Waals surface area (Å²) in [5, 5.41) is 4.59. The summed E-state index contributed by atoms with van der Waals surface area (Å²) in [5.74, 6) is 3.34. The Balaban J connectivity index is 1.74. The number of rotatable bonds is 13.